The molecular weight excluding hydrogens is 224 g/mol. The van der Waals surface area contributed by atoms with Crippen LogP contribution in [0, 0.1) is 0 Å². The Morgan fingerprint density at radius 2 is 2.17 bits per heavy atom. The number of hydrogen-bond acceptors (Lipinski definition) is 4. The van der Waals surface area contributed by atoms with Gasteiger partial charge in [0, 0.05) is 37.9 Å². The molecule has 1 aliphatic rings. The van der Waals surface area contributed by atoms with Crippen molar-refractivity contribution >= 4 is 5.82 Å². The molecule has 2 rings (SSSR count). The van der Waals surface area contributed by atoms with Crippen LogP contribution in [0.5, 0.6) is 0 Å². The van der Waals surface area contributed by atoms with Crippen molar-refractivity contribution < 1.29 is 0 Å². The largest absolute Gasteiger partial charge is 0.358 e. The highest BCUT2D eigenvalue weighted by molar-refractivity contribution is 5.47. The highest BCUT2D eigenvalue weighted by atomic mass is 15.2. The van der Waals surface area contributed by atoms with E-state index >= 15 is 0 Å². The minimum Gasteiger partial charge on any atom is -0.358 e. The van der Waals surface area contributed by atoms with E-state index < -0.39 is 0 Å². The molecule has 0 aliphatic carbocycles. The fourth-order valence-electron chi connectivity index (χ4n) is 2.49. The third-order valence-corrected chi connectivity index (χ3v) is 3.62. The summed E-state index contributed by atoms with van der Waals surface area (Å²) in [6.07, 6.45) is 4.53. The summed E-state index contributed by atoms with van der Waals surface area (Å²) in [5.41, 5.74) is 7.12. The molecule has 0 radical (unpaired) electrons. The van der Waals surface area contributed by atoms with Crippen LogP contribution in [-0.2, 0) is 0 Å². The zero-order valence-electron chi connectivity index (χ0n) is 11.5. The number of hydrogen-bond donors (Lipinski definition) is 1. The monoisotopic (exact) mass is 248 g/mol. The average Bonchev–Trinajstić information content (AvgIpc) is 2.89. The van der Waals surface area contributed by atoms with Gasteiger partial charge in [0.1, 0.15) is 5.82 Å². The van der Waals surface area contributed by atoms with Gasteiger partial charge >= 0.3 is 0 Å². The zero-order chi connectivity index (χ0) is 13.0. The summed E-state index contributed by atoms with van der Waals surface area (Å²) in [4.78, 5) is 9.21. The number of likely N-dealkylation sites (N-methyl/N-ethyl adjacent to an activating group) is 1. The summed E-state index contributed by atoms with van der Waals surface area (Å²) in [7, 11) is 2.10. The summed E-state index contributed by atoms with van der Waals surface area (Å²) >= 11 is 0. The standard InChI is InChI=1S/C14H24N4/c1-12(15)13-6-5-7-16-14(13)17(2)10-11-18-8-3-4-9-18/h5-7,12H,3-4,8-11,15H2,1-2H3/t12-/m1/s1. The van der Waals surface area contributed by atoms with Gasteiger partial charge in [-0.15, -0.1) is 0 Å². The molecule has 1 atom stereocenters. The molecule has 1 aliphatic heterocycles. The van der Waals surface area contributed by atoms with Crippen LogP contribution in [0.2, 0.25) is 0 Å². The number of nitrogens with two attached hydrogens (primary N) is 1. The van der Waals surface area contributed by atoms with Gasteiger partial charge in [-0.1, -0.05) is 6.07 Å². The first-order chi connectivity index (χ1) is 8.68. The Hall–Kier alpha value is -1.13. The highest BCUT2D eigenvalue weighted by Gasteiger charge is 2.15. The van der Waals surface area contributed by atoms with Crippen molar-refractivity contribution in [3.8, 4) is 0 Å². The van der Waals surface area contributed by atoms with E-state index in [0.29, 0.717) is 0 Å². The number of anilines is 1. The van der Waals surface area contributed by atoms with Gasteiger partial charge in [0.15, 0.2) is 0 Å². The lowest BCUT2D eigenvalue weighted by atomic mass is 10.1. The van der Waals surface area contributed by atoms with Crippen LogP contribution in [0.15, 0.2) is 18.3 Å². The molecule has 4 nitrogen and oxygen atoms in total. The lowest BCUT2D eigenvalue weighted by Gasteiger charge is -2.25. The fourth-order valence-corrected chi connectivity index (χ4v) is 2.49. The van der Waals surface area contributed by atoms with Crippen molar-refractivity contribution in [1.82, 2.24) is 9.88 Å². The number of rotatable bonds is 5. The first-order valence-corrected chi connectivity index (χ1v) is 6.82. The van der Waals surface area contributed by atoms with E-state index in [1.165, 1.54) is 25.9 Å². The van der Waals surface area contributed by atoms with Crippen LogP contribution >= 0.6 is 0 Å². The van der Waals surface area contributed by atoms with Crippen molar-refractivity contribution in [2.45, 2.75) is 25.8 Å². The molecule has 18 heavy (non-hydrogen) atoms. The van der Waals surface area contributed by atoms with Crippen LogP contribution < -0.4 is 10.6 Å². The lowest BCUT2D eigenvalue weighted by molar-refractivity contribution is 0.346. The zero-order valence-corrected chi connectivity index (χ0v) is 11.5. The summed E-state index contributed by atoms with van der Waals surface area (Å²) in [5.74, 6) is 1.02. The third-order valence-electron chi connectivity index (χ3n) is 3.62. The topological polar surface area (TPSA) is 45.4 Å². The lowest BCUT2D eigenvalue weighted by Crippen LogP contribution is -2.32. The summed E-state index contributed by atoms with van der Waals surface area (Å²) < 4.78 is 0. The Kier molecular flexibility index (Phi) is 4.55. The quantitative estimate of drug-likeness (QED) is 0.860. The number of nitrogens with zero attached hydrogens (tertiary/aromatic N) is 3. The van der Waals surface area contributed by atoms with E-state index in [1.54, 1.807) is 0 Å². The average molecular weight is 248 g/mol. The summed E-state index contributed by atoms with van der Waals surface area (Å²) in [6, 6.07) is 4.05. The fraction of sp³-hybridized carbons (Fsp3) is 0.643. The van der Waals surface area contributed by atoms with Gasteiger partial charge in [-0.2, -0.15) is 0 Å². The van der Waals surface area contributed by atoms with E-state index in [1.807, 2.05) is 19.2 Å². The Morgan fingerprint density at radius 1 is 1.44 bits per heavy atom. The Bertz CT molecular complexity index is 372. The van der Waals surface area contributed by atoms with Gasteiger partial charge in [-0.25, -0.2) is 4.98 Å². The smallest absolute Gasteiger partial charge is 0.133 e. The molecule has 0 saturated carbocycles. The molecule has 1 fully saturated rings. The maximum atomic E-state index is 5.99. The maximum absolute atomic E-state index is 5.99. The third kappa shape index (κ3) is 3.21. The normalized spacial score (nSPS) is 17.9. The molecule has 1 saturated heterocycles. The first kappa shape index (κ1) is 13.3. The number of likely N-dealkylation sites (tertiary alicyclic amines) is 1. The molecule has 0 spiro atoms. The van der Waals surface area contributed by atoms with Crippen LogP contribution in [-0.4, -0.2) is 43.1 Å². The van der Waals surface area contributed by atoms with Crippen molar-refractivity contribution in [2.75, 3.05) is 38.1 Å². The molecule has 0 amide bonds. The second kappa shape index (κ2) is 6.16. The second-order valence-electron chi connectivity index (χ2n) is 5.18. The molecule has 1 aromatic rings. The van der Waals surface area contributed by atoms with Gasteiger partial charge in [-0.05, 0) is 38.9 Å². The van der Waals surface area contributed by atoms with Gasteiger partial charge in [0.2, 0.25) is 0 Å². The Labute approximate surface area is 110 Å². The van der Waals surface area contributed by atoms with E-state index in [9.17, 15) is 0 Å². The van der Waals surface area contributed by atoms with Crippen molar-refractivity contribution in [3.05, 3.63) is 23.9 Å². The minimum absolute atomic E-state index is 0.0305. The second-order valence-corrected chi connectivity index (χ2v) is 5.18. The first-order valence-electron chi connectivity index (χ1n) is 6.82. The predicted octanol–water partition coefficient (Wildman–Crippen LogP) is 1.63. The van der Waals surface area contributed by atoms with Crippen molar-refractivity contribution in [3.63, 3.8) is 0 Å². The van der Waals surface area contributed by atoms with Gasteiger partial charge in [0.05, 0.1) is 0 Å². The SMILES string of the molecule is C[C@@H](N)c1cccnc1N(C)CCN1CCCC1. The van der Waals surface area contributed by atoms with Crippen LogP contribution in [0.4, 0.5) is 5.82 Å². The van der Waals surface area contributed by atoms with Crippen LogP contribution in [0.1, 0.15) is 31.4 Å². The van der Waals surface area contributed by atoms with Crippen molar-refractivity contribution in [1.29, 1.82) is 0 Å². The molecule has 4 heteroatoms. The summed E-state index contributed by atoms with van der Waals surface area (Å²) in [5, 5.41) is 0. The van der Waals surface area contributed by atoms with E-state index in [2.05, 4.69) is 27.9 Å². The molecule has 0 bridgehead atoms. The molecule has 2 heterocycles. The molecule has 2 N–H and O–H groups in total. The van der Waals surface area contributed by atoms with Crippen LogP contribution in [0.25, 0.3) is 0 Å². The molecule has 0 unspecified atom stereocenters. The Morgan fingerprint density at radius 3 is 2.83 bits per heavy atom. The van der Waals surface area contributed by atoms with Crippen LogP contribution in [0.3, 0.4) is 0 Å². The van der Waals surface area contributed by atoms with E-state index in [0.717, 1.165) is 24.5 Å². The molecule has 0 aromatic carbocycles. The Balaban J connectivity index is 1.97. The minimum atomic E-state index is 0.0305. The van der Waals surface area contributed by atoms with Gasteiger partial charge in [0.25, 0.3) is 0 Å². The number of pyridine rings is 1. The molecule has 100 valence electrons. The number of aromatic nitrogens is 1. The van der Waals surface area contributed by atoms with Crippen molar-refractivity contribution in [2.24, 2.45) is 5.73 Å². The van der Waals surface area contributed by atoms with E-state index in [-0.39, 0.29) is 6.04 Å². The van der Waals surface area contributed by atoms with E-state index in [4.69, 9.17) is 5.73 Å². The molecular formula is C14H24N4. The highest BCUT2D eigenvalue weighted by Crippen LogP contribution is 2.21. The summed E-state index contributed by atoms with van der Waals surface area (Å²) in [6.45, 7) is 6.63. The van der Waals surface area contributed by atoms with Gasteiger partial charge < -0.3 is 15.5 Å². The predicted molar refractivity (Wildman–Crippen MR) is 75.8 cm³/mol. The molecule has 1 aromatic heterocycles. The van der Waals surface area contributed by atoms with Gasteiger partial charge in [-0.3, -0.25) is 0 Å². The maximum Gasteiger partial charge on any atom is 0.133 e.